The summed E-state index contributed by atoms with van der Waals surface area (Å²) in [5.74, 6) is -1.28. The average molecular weight is 505 g/mol. The lowest BCUT2D eigenvalue weighted by molar-refractivity contribution is -0.138. The zero-order chi connectivity index (χ0) is 24.9. The zero-order valence-corrected chi connectivity index (χ0v) is 20.7. The van der Waals surface area contributed by atoms with Gasteiger partial charge in [0.15, 0.2) is 0 Å². The maximum absolute atomic E-state index is 11.8. The van der Waals surface area contributed by atoms with Crippen molar-refractivity contribution in [2.24, 2.45) is 0 Å². The molecule has 176 valence electrons. The standard InChI is InChI=1S/C27H22Cl2N4O2/c1-14(27(34)35)20-9-16(11-30)3-6-19(20)22-10-24-23(12-31-22)32-13-33(24)15(2)25-21(28)8-7-18(26(25)29)17-4-5-17/h3,6-10,12-15,17H,4-5H2,1-2H3,(H,34,35)/t14-,15+/m0/s1. The molecule has 4 aromatic rings. The minimum Gasteiger partial charge on any atom is -0.481 e. The molecular weight excluding hydrogens is 483 g/mol. The molecule has 0 aliphatic heterocycles. The van der Waals surface area contributed by atoms with Gasteiger partial charge in [0.1, 0.15) is 5.52 Å². The number of rotatable bonds is 6. The van der Waals surface area contributed by atoms with E-state index in [-0.39, 0.29) is 6.04 Å². The molecule has 2 aromatic heterocycles. The van der Waals surface area contributed by atoms with Crippen LogP contribution in [-0.2, 0) is 4.79 Å². The number of nitrogens with zero attached hydrogens (tertiary/aromatic N) is 4. The molecule has 8 heteroatoms. The van der Waals surface area contributed by atoms with E-state index in [0.29, 0.717) is 43.9 Å². The van der Waals surface area contributed by atoms with E-state index in [0.717, 1.165) is 29.5 Å². The number of halogens is 2. The molecule has 1 saturated carbocycles. The number of pyridine rings is 1. The molecule has 1 fully saturated rings. The van der Waals surface area contributed by atoms with E-state index in [1.54, 1.807) is 37.6 Å². The van der Waals surface area contributed by atoms with Crippen molar-refractivity contribution in [3.05, 3.63) is 81.2 Å². The van der Waals surface area contributed by atoms with E-state index in [1.165, 1.54) is 0 Å². The Balaban J connectivity index is 1.63. The Morgan fingerprint density at radius 2 is 1.94 bits per heavy atom. The SMILES string of the molecule is C[C@H](C(=O)O)c1cc(C#N)ccc1-c1cc2c(cn1)ncn2[C@H](C)c1c(Cl)ccc(C2CC2)c1Cl. The summed E-state index contributed by atoms with van der Waals surface area (Å²) >= 11 is 13.5. The largest absolute Gasteiger partial charge is 0.481 e. The van der Waals surface area contributed by atoms with Gasteiger partial charge in [-0.2, -0.15) is 5.26 Å². The summed E-state index contributed by atoms with van der Waals surface area (Å²) in [4.78, 5) is 20.8. The van der Waals surface area contributed by atoms with Crippen LogP contribution in [0.5, 0.6) is 0 Å². The first-order valence-electron chi connectivity index (χ1n) is 11.4. The van der Waals surface area contributed by atoms with Crippen LogP contribution in [0.25, 0.3) is 22.3 Å². The number of imidazole rings is 1. The van der Waals surface area contributed by atoms with Gasteiger partial charge in [-0.3, -0.25) is 9.78 Å². The Kier molecular flexibility index (Phi) is 6.00. The Labute approximate surface area is 212 Å². The van der Waals surface area contributed by atoms with Crippen molar-refractivity contribution < 1.29 is 9.90 Å². The van der Waals surface area contributed by atoms with Crippen LogP contribution in [0.15, 0.2) is 48.9 Å². The lowest BCUT2D eigenvalue weighted by Crippen LogP contribution is -2.10. The predicted octanol–water partition coefficient (Wildman–Crippen LogP) is 6.95. The number of aliphatic carboxylic acids is 1. The third-order valence-corrected chi connectivity index (χ3v) is 7.51. The first-order valence-corrected chi connectivity index (χ1v) is 12.1. The van der Waals surface area contributed by atoms with Crippen molar-refractivity contribution in [1.29, 1.82) is 5.26 Å². The van der Waals surface area contributed by atoms with Gasteiger partial charge in [-0.1, -0.05) is 35.3 Å². The molecule has 2 aromatic carbocycles. The van der Waals surface area contributed by atoms with Gasteiger partial charge in [0.25, 0.3) is 0 Å². The molecule has 35 heavy (non-hydrogen) atoms. The Morgan fingerprint density at radius 1 is 1.17 bits per heavy atom. The molecule has 2 atom stereocenters. The predicted molar refractivity (Wildman–Crippen MR) is 136 cm³/mol. The van der Waals surface area contributed by atoms with E-state index in [9.17, 15) is 15.2 Å². The van der Waals surface area contributed by atoms with Crippen molar-refractivity contribution in [2.45, 2.75) is 44.6 Å². The molecule has 0 unspecified atom stereocenters. The van der Waals surface area contributed by atoms with Crippen LogP contribution in [0, 0.1) is 11.3 Å². The average Bonchev–Trinajstić information content (AvgIpc) is 3.60. The molecule has 0 saturated heterocycles. The number of aromatic nitrogens is 3. The monoisotopic (exact) mass is 504 g/mol. The molecule has 1 N–H and O–H groups in total. The molecule has 0 spiro atoms. The lowest BCUT2D eigenvalue weighted by Gasteiger charge is -2.20. The molecule has 0 radical (unpaired) electrons. The minimum absolute atomic E-state index is 0.188. The van der Waals surface area contributed by atoms with Crippen LogP contribution in [0.1, 0.15) is 66.8 Å². The number of benzene rings is 2. The molecule has 0 bridgehead atoms. The highest BCUT2D eigenvalue weighted by Gasteiger charge is 2.29. The Bertz CT molecular complexity index is 1520. The third-order valence-electron chi connectivity index (χ3n) is 6.76. The summed E-state index contributed by atoms with van der Waals surface area (Å²) in [6.45, 7) is 3.63. The Hall–Kier alpha value is -3.40. The maximum atomic E-state index is 11.8. The van der Waals surface area contributed by atoms with Gasteiger partial charge in [-0.15, -0.1) is 0 Å². The lowest BCUT2D eigenvalue weighted by atomic mass is 9.92. The van der Waals surface area contributed by atoms with Gasteiger partial charge in [-0.05, 0) is 68.0 Å². The van der Waals surface area contributed by atoms with Gasteiger partial charge in [0, 0.05) is 16.1 Å². The summed E-state index contributed by atoms with van der Waals surface area (Å²) in [6.07, 6.45) is 5.70. The minimum atomic E-state index is -0.971. The summed E-state index contributed by atoms with van der Waals surface area (Å²) in [7, 11) is 0. The quantitative estimate of drug-likeness (QED) is 0.306. The van der Waals surface area contributed by atoms with Crippen LogP contribution in [0.2, 0.25) is 10.0 Å². The van der Waals surface area contributed by atoms with Gasteiger partial charge in [0.05, 0.1) is 52.3 Å². The number of nitriles is 1. The first-order chi connectivity index (χ1) is 16.8. The maximum Gasteiger partial charge on any atom is 0.310 e. The number of carboxylic acids is 1. The van der Waals surface area contributed by atoms with Gasteiger partial charge in [0.2, 0.25) is 0 Å². The van der Waals surface area contributed by atoms with Gasteiger partial charge in [-0.25, -0.2) is 4.98 Å². The number of hydrogen-bond acceptors (Lipinski definition) is 4. The molecule has 1 aliphatic rings. The summed E-state index contributed by atoms with van der Waals surface area (Å²) in [5, 5.41) is 20.3. The third kappa shape index (κ3) is 4.16. The van der Waals surface area contributed by atoms with E-state index in [4.69, 9.17) is 23.2 Å². The van der Waals surface area contributed by atoms with Crippen molar-refractivity contribution in [1.82, 2.24) is 14.5 Å². The first kappa shape index (κ1) is 23.3. The summed E-state index contributed by atoms with van der Waals surface area (Å²) in [5.41, 5.74) is 5.71. The van der Waals surface area contributed by atoms with E-state index < -0.39 is 11.9 Å². The molecule has 0 amide bonds. The van der Waals surface area contributed by atoms with Crippen LogP contribution in [0.4, 0.5) is 0 Å². The van der Waals surface area contributed by atoms with Crippen molar-refractivity contribution >= 4 is 40.2 Å². The zero-order valence-electron chi connectivity index (χ0n) is 19.2. The molecule has 5 rings (SSSR count). The van der Waals surface area contributed by atoms with Crippen LogP contribution in [-0.4, -0.2) is 25.6 Å². The van der Waals surface area contributed by atoms with E-state index >= 15 is 0 Å². The van der Waals surface area contributed by atoms with E-state index in [1.807, 2.05) is 29.7 Å². The topological polar surface area (TPSA) is 91.8 Å². The highest BCUT2D eigenvalue weighted by Crippen LogP contribution is 2.47. The van der Waals surface area contributed by atoms with Gasteiger partial charge >= 0.3 is 5.97 Å². The summed E-state index contributed by atoms with van der Waals surface area (Å²) < 4.78 is 2.01. The highest BCUT2D eigenvalue weighted by molar-refractivity contribution is 6.36. The van der Waals surface area contributed by atoms with Crippen molar-refractivity contribution in [3.63, 3.8) is 0 Å². The smallest absolute Gasteiger partial charge is 0.310 e. The van der Waals surface area contributed by atoms with Crippen LogP contribution >= 0.6 is 23.2 Å². The fourth-order valence-electron chi connectivity index (χ4n) is 4.56. The molecule has 6 nitrogen and oxygen atoms in total. The second kappa shape index (κ2) is 8.99. The second-order valence-electron chi connectivity index (χ2n) is 9.00. The van der Waals surface area contributed by atoms with E-state index in [2.05, 4.69) is 16.0 Å². The number of fused-ring (bicyclic) bond motifs is 1. The number of carbonyl (C=O) groups is 1. The molecular formula is C27H22Cl2N4O2. The molecule has 1 aliphatic carbocycles. The Morgan fingerprint density at radius 3 is 2.63 bits per heavy atom. The normalized spacial score (nSPS) is 15.1. The van der Waals surface area contributed by atoms with Gasteiger partial charge < -0.3 is 9.67 Å². The van der Waals surface area contributed by atoms with Crippen LogP contribution in [0.3, 0.4) is 0 Å². The fourth-order valence-corrected chi connectivity index (χ4v) is 5.40. The van der Waals surface area contributed by atoms with Crippen molar-refractivity contribution in [2.75, 3.05) is 0 Å². The number of hydrogen-bond donors (Lipinski definition) is 1. The second-order valence-corrected chi connectivity index (χ2v) is 9.78. The highest BCUT2D eigenvalue weighted by atomic mass is 35.5. The molecule has 2 heterocycles. The number of carboxylic acid groups (broad SMARTS) is 1. The van der Waals surface area contributed by atoms with Crippen molar-refractivity contribution in [3.8, 4) is 17.3 Å². The fraction of sp³-hybridized carbons (Fsp3) is 0.259. The van der Waals surface area contributed by atoms with Crippen LogP contribution < -0.4 is 0 Å². The summed E-state index contributed by atoms with van der Waals surface area (Å²) in [6, 6.07) is 12.7.